The van der Waals surface area contributed by atoms with Gasteiger partial charge in [-0.05, 0) is 82.9 Å². The van der Waals surface area contributed by atoms with Gasteiger partial charge in [-0.25, -0.2) is 0 Å². The minimum atomic E-state index is 0.567. The maximum absolute atomic E-state index is 9.53. The van der Waals surface area contributed by atoms with Gasteiger partial charge in [0.05, 0.1) is 37.5 Å². The van der Waals surface area contributed by atoms with Crippen LogP contribution < -0.4 is 9.47 Å². The molecule has 0 saturated carbocycles. The summed E-state index contributed by atoms with van der Waals surface area (Å²) >= 11 is 0. The highest BCUT2D eigenvalue weighted by molar-refractivity contribution is 5.91. The molecule has 0 aliphatic carbocycles. The molecule has 0 spiro atoms. The smallest absolute Gasteiger partial charge is 0.118 e. The third-order valence-electron chi connectivity index (χ3n) is 4.60. The summed E-state index contributed by atoms with van der Waals surface area (Å²) < 4.78 is 10.3. The molecule has 0 atom stereocenters. The lowest BCUT2D eigenvalue weighted by Crippen LogP contribution is -1.86. The Bertz CT molecular complexity index is 1050. The normalized spacial score (nSPS) is 11.3. The van der Waals surface area contributed by atoms with Crippen LogP contribution in [0.5, 0.6) is 11.5 Å². The molecule has 4 nitrogen and oxygen atoms in total. The zero-order valence-electron chi connectivity index (χ0n) is 16.8. The lowest BCUT2D eigenvalue weighted by molar-refractivity contribution is 0.414. The van der Waals surface area contributed by atoms with Gasteiger partial charge in [-0.1, -0.05) is 24.3 Å². The first-order valence-corrected chi connectivity index (χ1v) is 9.29. The first-order chi connectivity index (χ1) is 14.7. The van der Waals surface area contributed by atoms with Gasteiger partial charge in [-0.3, -0.25) is 0 Å². The van der Waals surface area contributed by atoms with Crippen LogP contribution in [0.25, 0.3) is 23.3 Å². The van der Waals surface area contributed by atoms with E-state index in [-0.39, 0.29) is 0 Å². The zero-order chi connectivity index (χ0) is 21.3. The van der Waals surface area contributed by atoms with Crippen LogP contribution in [0, 0.1) is 22.7 Å². The minimum Gasteiger partial charge on any atom is -0.497 e. The number of allylic oxidation sites excluding steroid dienone is 2. The molecule has 0 aliphatic rings. The molecule has 3 aromatic rings. The second kappa shape index (κ2) is 9.78. The van der Waals surface area contributed by atoms with Crippen molar-refractivity contribution in [3.05, 3.63) is 95.1 Å². The molecule has 4 heteroatoms. The van der Waals surface area contributed by atoms with Gasteiger partial charge in [0.2, 0.25) is 0 Å². The predicted octanol–water partition coefficient (Wildman–Crippen LogP) is 5.83. The van der Waals surface area contributed by atoms with Crippen molar-refractivity contribution >= 4 is 23.3 Å². The topological polar surface area (TPSA) is 66.0 Å². The molecule has 3 aromatic carbocycles. The van der Waals surface area contributed by atoms with E-state index in [1.54, 1.807) is 14.2 Å². The average Bonchev–Trinajstić information content (AvgIpc) is 2.82. The number of hydrogen-bond donors (Lipinski definition) is 0. The molecule has 0 saturated heterocycles. The van der Waals surface area contributed by atoms with E-state index in [9.17, 15) is 10.5 Å². The van der Waals surface area contributed by atoms with Crippen molar-refractivity contribution in [3.63, 3.8) is 0 Å². The fourth-order valence-electron chi connectivity index (χ4n) is 2.92. The van der Waals surface area contributed by atoms with Crippen molar-refractivity contribution in [2.24, 2.45) is 0 Å². The van der Waals surface area contributed by atoms with Crippen molar-refractivity contribution in [2.45, 2.75) is 0 Å². The maximum Gasteiger partial charge on any atom is 0.118 e. The van der Waals surface area contributed by atoms with Gasteiger partial charge in [-0.15, -0.1) is 0 Å². The zero-order valence-corrected chi connectivity index (χ0v) is 16.8. The Kier molecular flexibility index (Phi) is 6.66. The first kappa shape index (κ1) is 20.5. The lowest BCUT2D eigenvalue weighted by atomic mass is 10.0. The summed E-state index contributed by atoms with van der Waals surface area (Å²) in [5, 5.41) is 19.1. The van der Waals surface area contributed by atoms with Crippen LogP contribution >= 0.6 is 0 Å². The summed E-state index contributed by atoms with van der Waals surface area (Å²) in [6.45, 7) is 0. The molecule has 0 aromatic heterocycles. The number of nitriles is 2. The molecule has 30 heavy (non-hydrogen) atoms. The average molecular weight is 392 g/mol. The number of methoxy groups -OCH3 is 2. The second-order valence-corrected chi connectivity index (χ2v) is 6.46. The molecule has 146 valence electrons. The van der Waals surface area contributed by atoms with Gasteiger partial charge in [0.25, 0.3) is 0 Å². The quantitative estimate of drug-likeness (QED) is 0.391. The standard InChI is InChI=1S/C26H20N2O2/c1-29-25-11-7-21(8-12-25)23(17-27)15-19-3-5-20(6-4-19)16-24(18-28)22-9-13-26(30-2)14-10-22/h3-16H,1-2H3. The molecular formula is C26H20N2O2. The van der Waals surface area contributed by atoms with E-state index in [2.05, 4.69) is 12.1 Å². The Balaban J connectivity index is 1.83. The predicted molar refractivity (Wildman–Crippen MR) is 119 cm³/mol. The van der Waals surface area contributed by atoms with Crippen molar-refractivity contribution in [1.29, 1.82) is 10.5 Å². The SMILES string of the molecule is COc1ccc(C(C#N)=Cc2ccc(C=C(C#N)c3ccc(OC)cc3)cc2)cc1. The molecule has 0 unspecified atom stereocenters. The van der Waals surface area contributed by atoms with E-state index in [1.807, 2.05) is 84.9 Å². The number of nitrogens with zero attached hydrogens (tertiary/aromatic N) is 2. The Labute approximate surface area is 176 Å². The summed E-state index contributed by atoms with van der Waals surface area (Å²) in [7, 11) is 3.22. The molecule has 0 bridgehead atoms. The van der Waals surface area contributed by atoms with Crippen LogP contribution in [0.15, 0.2) is 72.8 Å². The van der Waals surface area contributed by atoms with E-state index < -0.39 is 0 Å². The number of hydrogen-bond acceptors (Lipinski definition) is 4. The minimum absolute atomic E-state index is 0.567. The summed E-state index contributed by atoms with van der Waals surface area (Å²) in [5.74, 6) is 1.50. The number of rotatable bonds is 6. The third kappa shape index (κ3) is 4.95. The Morgan fingerprint density at radius 3 is 1.20 bits per heavy atom. The first-order valence-electron chi connectivity index (χ1n) is 9.29. The second-order valence-electron chi connectivity index (χ2n) is 6.46. The molecular weight excluding hydrogens is 372 g/mol. The van der Waals surface area contributed by atoms with Gasteiger partial charge in [0, 0.05) is 0 Å². The van der Waals surface area contributed by atoms with Crippen molar-refractivity contribution in [1.82, 2.24) is 0 Å². The molecule has 0 fully saturated rings. The fraction of sp³-hybridized carbons (Fsp3) is 0.0769. The van der Waals surface area contributed by atoms with Gasteiger partial charge < -0.3 is 9.47 Å². The summed E-state index contributed by atoms with van der Waals surface area (Å²) in [6, 6.07) is 27.0. The maximum atomic E-state index is 9.53. The molecule has 0 radical (unpaired) electrons. The van der Waals surface area contributed by atoms with Gasteiger partial charge >= 0.3 is 0 Å². The van der Waals surface area contributed by atoms with Gasteiger partial charge in [0.15, 0.2) is 0 Å². The fourth-order valence-corrected chi connectivity index (χ4v) is 2.92. The lowest BCUT2D eigenvalue weighted by Gasteiger charge is -2.04. The monoisotopic (exact) mass is 392 g/mol. The Hall–Kier alpha value is -4.28. The van der Waals surface area contributed by atoms with E-state index in [0.717, 1.165) is 33.8 Å². The highest BCUT2D eigenvalue weighted by Gasteiger charge is 2.04. The van der Waals surface area contributed by atoms with E-state index in [4.69, 9.17) is 9.47 Å². The van der Waals surface area contributed by atoms with Crippen LogP contribution in [0.3, 0.4) is 0 Å². The number of benzene rings is 3. The van der Waals surface area contributed by atoms with Crippen LogP contribution in [0.2, 0.25) is 0 Å². The Morgan fingerprint density at radius 1 is 0.600 bits per heavy atom. The van der Waals surface area contributed by atoms with Gasteiger partial charge in [0.1, 0.15) is 11.5 Å². The summed E-state index contributed by atoms with van der Waals surface area (Å²) in [4.78, 5) is 0. The van der Waals surface area contributed by atoms with Crippen LogP contribution in [-0.4, -0.2) is 14.2 Å². The van der Waals surface area contributed by atoms with E-state index in [0.29, 0.717) is 11.1 Å². The van der Waals surface area contributed by atoms with Gasteiger partial charge in [-0.2, -0.15) is 10.5 Å². The number of ether oxygens (including phenoxy) is 2. The summed E-state index contributed by atoms with van der Waals surface area (Å²) in [6.07, 6.45) is 3.67. The van der Waals surface area contributed by atoms with E-state index in [1.165, 1.54) is 0 Å². The molecule has 0 N–H and O–H groups in total. The van der Waals surface area contributed by atoms with Crippen molar-refractivity contribution < 1.29 is 9.47 Å². The highest BCUT2D eigenvalue weighted by Crippen LogP contribution is 2.23. The highest BCUT2D eigenvalue weighted by atomic mass is 16.5. The van der Waals surface area contributed by atoms with Crippen molar-refractivity contribution in [3.8, 4) is 23.6 Å². The molecule has 0 amide bonds. The molecule has 0 heterocycles. The van der Waals surface area contributed by atoms with E-state index >= 15 is 0 Å². The van der Waals surface area contributed by atoms with Crippen LogP contribution in [0.4, 0.5) is 0 Å². The largest absolute Gasteiger partial charge is 0.497 e. The third-order valence-corrected chi connectivity index (χ3v) is 4.60. The van der Waals surface area contributed by atoms with Crippen molar-refractivity contribution in [2.75, 3.05) is 14.2 Å². The Morgan fingerprint density at radius 2 is 0.933 bits per heavy atom. The molecule has 3 rings (SSSR count). The molecule has 0 aliphatic heterocycles. The summed E-state index contributed by atoms with van der Waals surface area (Å²) in [5.41, 5.74) is 4.60. The van der Waals surface area contributed by atoms with Crippen LogP contribution in [-0.2, 0) is 0 Å². The van der Waals surface area contributed by atoms with Crippen LogP contribution in [0.1, 0.15) is 22.3 Å².